The van der Waals surface area contributed by atoms with Gasteiger partial charge in [-0.2, -0.15) is 0 Å². The molecule has 0 aliphatic rings. The molecule has 0 aliphatic heterocycles. The van der Waals surface area contributed by atoms with E-state index in [2.05, 4.69) is 20.9 Å². The highest BCUT2D eigenvalue weighted by Gasteiger charge is 2.26. The zero-order valence-corrected chi connectivity index (χ0v) is 18.6. The molecule has 0 aliphatic carbocycles. The molecular weight excluding hydrogens is 428 g/mol. The number of rotatable bonds is 13. The maximum atomic E-state index is 12.7. The lowest BCUT2D eigenvalue weighted by atomic mass is 10.0. The van der Waals surface area contributed by atoms with Crippen LogP contribution in [0.5, 0.6) is 0 Å². The summed E-state index contributed by atoms with van der Waals surface area (Å²) >= 11 is 0. The predicted molar refractivity (Wildman–Crippen MR) is 123 cm³/mol. The Morgan fingerprint density at radius 1 is 1.06 bits per heavy atom. The molecule has 2 rings (SSSR count). The van der Waals surface area contributed by atoms with Crippen LogP contribution in [0.4, 0.5) is 0 Å². The minimum atomic E-state index is -1.20. The first-order valence-corrected chi connectivity index (χ1v) is 10.8. The Labute approximate surface area is 191 Å². The maximum absolute atomic E-state index is 12.7. The van der Waals surface area contributed by atoms with Crippen molar-refractivity contribution in [3.05, 3.63) is 36.0 Å². The number of nitrogens with one attached hydrogen (secondary N) is 4. The number of carboxylic acid groups (broad SMARTS) is 1. The Morgan fingerprint density at radius 3 is 2.48 bits per heavy atom. The molecule has 180 valence electrons. The Kier molecular flexibility index (Phi) is 9.83. The number of carboxylic acids is 1. The zero-order valence-electron chi connectivity index (χ0n) is 18.6. The van der Waals surface area contributed by atoms with Gasteiger partial charge in [0.1, 0.15) is 18.6 Å². The third-order valence-corrected chi connectivity index (χ3v) is 5.20. The second-order valence-corrected chi connectivity index (χ2v) is 7.86. The average molecular weight is 461 g/mol. The largest absolute Gasteiger partial charge is 0.480 e. The van der Waals surface area contributed by atoms with Gasteiger partial charge in [-0.15, -0.1) is 0 Å². The molecule has 33 heavy (non-hydrogen) atoms. The van der Waals surface area contributed by atoms with Crippen molar-refractivity contribution in [3.8, 4) is 0 Å². The van der Waals surface area contributed by atoms with E-state index < -0.39 is 48.4 Å². The number of benzene rings is 1. The molecule has 1 heterocycles. The van der Waals surface area contributed by atoms with Gasteiger partial charge in [-0.1, -0.05) is 24.6 Å². The Bertz CT molecular complexity index is 975. The van der Waals surface area contributed by atoms with Crippen LogP contribution in [-0.4, -0.2) is 65.0 Å². The van der Waals surface area contributed by atoms with Crippen molar-refractivity contribution in [3.63, 3.8) is 0 Å². The van der Waals surface area contributed by atoms with E-state index >= 15 is 0 Å². The van der Waals surface area contributed by atoms with Gasteiger partial charge in [-0.3, -0.25) is 19.2 Å². The molecule has 11 nitrogen and oxygen atoms in total. The standard InChI is InChI=1S/C22H32N6O5/c1-13(27-21(32)16(24)7-4-5-9-23)20(31)28-18(22(33)26-12-19(29)30)10-14-11-25-17-8-3-2-6-15(14)17/h2-3,6,8,11,13,16,18,25H,4-5,7,9-10,12,23-24H2,1H3,(H,26,33)(H,27,32)(H,28,31)(H,29,30). The number of hydrogen-bond donors (Lipinski definition) is 7. The van der Waals surface area contributed by atoms with Crippen LogP contribution in [0.25, 0.3) is 10.9 Å². The summed E-state index contributed by atoms with van der Waals surface area (Å²) in [7, 11) is 0. The number of amides is 3. The number of carbonyl (C=O) groups is 4. The van der Waals surface area contributed by atoms with E-state index in [1.807, 2.05) is 24.3 Å². The van der Waals surface area contributed by atoms with Crippen molar-refractivity contribution in [2.45, 2.75) is 50.7 Å². The number of fused-ring (bicyclic) bond motifs is 1. The van der Waals surface area contributed by atoms with Gasteiger partial charge in [-0.05, 0) is 37.9 Å². The van der Waals surface area contributed by atoms with E-state index in [9.17, 15) is 19.2 Å². The maximum Gasteiger partial charge on any atom is 0.322 e. The molecule has 0 spiro atoms. The molecule has 3 unspecified atom stereocenters. The minimum Gasteiger partial charge on any atom is -0.480 e. The number of carbonyl (C=O) groups excluding carboxylic acids is 3. The van der Waals surface area contributed by atoms with Crippen molar-refractivity contribution >= 4 is 34.6 Å². The SMILES string of the molecule is CC(NC(=O)C(N)CCCCN)C(=O)NC(Cc1c[nH]c2ccccc12)C(=O)NCC(=O)O. The number of hydrogen-bond acceptors (Lipinski definition) is 6. The number of H-pyrrole nitrogens is 1. The number of unbranched alkanes of at least 4 members (excludes halogenated alkanes) is 1. The minimum absolute atomic E-state index is 0.125. The molecule has 0 saturated carbocycles. The van der Waals surface area contributed by atoms with E-state index in [0.29, 0.717) is 19.4 Å². The van der Waals surface area contributed by atoms with Crippen molar-refractivity contribution < 1.29 is 24.3 Å². The summed E-state index contributed by atoms with van der Waals surface area (Å²) in [6.45, 7) is 1.41. The first-order chi connectivity index (χ1) is 15.7. The van der Waals surface area contributed by atoms with Crippen molar-refractivity contribution in [2.75, 3.05) is 13.1 Å². The van der Waals surface area contributed by atoms with Crippen LogP contribution < -0.4 is 27.4 Å². The summed E-state index contributed by atoms with van der Waals surface area (Å²) < 4.78 is 0. The van der Waals surface area contributed by atoms with E-state index in [1.54, 1.807) is 6.20 Å². The van der Waals surface area contributed by atoms with Crippen molar-refractivity contribution in [1.29, 1.82) is 0 Å². The van der Waals surface area contributed by atoms with E-state index in [-0.39, 0.29) is 6.42 Å². The monoisotopic (exact) mass is 460 g/mol. The van der Waals surface area contributed by atoms with Gasteiger partial charge in [0.2, 0.25) is 17.7 Å². The summed E-state index contributed by atoms with van der Waals surface area (Å²) in [6, 6.07) is 4.71. The third kappa shape index (κ3) is 7.88. The lowest BCUT2D eigenvalue weighted by Crippen LogP contribution is -2.55. The molecule has 1 aromatic carbocycles. The lowest BCUT2D eigenvalue weighted by molar-refractivity contribution is -0.138. The van der Waals surface area contributed by atoms with Crippen molar-refractivity contribution in [2.24, 2.45) is 11.5 Å². The highest BCUT2D eigenvalue weighted by molar-refractivity contribution is 5.94. The summed E-state index contributed by atoms with van der Waals surface area (Å²) in [5.41, 5.74) is 12.9. The molecule has 11 heteroatoms. The summed E-state index contributed by atoms with van der Waals surface area (Å²) in [6.07, 6.45) is 3.75. The molecule has 1 aromatic heterocycles. The van der Waals surface area contributed by atoms with E-state index in [1.165, 1.54) is 6.92 Å². The molecule has 3 atom stereocenters. The van der Waals surface area contributed by atoms with Crippen LogP contribution >= 0.6 is 0 Å². The molecule has 3 amide bonds. The molecule has 0 saturated heterocycles. The highest BCUT2D eigenvalue weighted by atomic mass is 16.4. The van der Waals surface area contributed by atoms with Crippen LogP contribution in [-0.2, 0) is 25.6 Å². The molecule has 0 radical (unpaired) electrons. The number of nitrogens with two attached hydrogens (primary N) is 2. The molecule has 2 aromatic rings. The summed E-state index contributed by atoms with van der Waals surface area (Å²) in [5, 5.41) is 17.2. The smallest absolute Gasteiger partial charge is 0.322 e. The second kappa shape index (κ2) is 12.6. The topological polar surface area (TPSA) is 192 Å². The number of aromatic amines is 1. The summed E-state index contributed by atoms with van der Waals surface area (Å²) in [4.78, 5) is 51.6. The molecule has 0 bridgehead atoms. The van der Waals surface area contributed by atoms with E-state index in [4.69, 9.17) is 16.6 Å². The number of para-hydroxylation sites is 1. The van der Waals surface area contributed by atoms with Crippen LogP contribution in [0.2, 0.25) is 0 Å². The number of aliphatic carboxylic acids is 1. The van der Waals surface area contributed by atoms with Gasteiger partial charge < -0.3 is 37.5 Å². The van der Waals surface area contributed by atoms with Crippen LogP contribution in [0.1, 0.15) is 31.7 Å². The second-order valence-electron chi connectivity index (χ2n) is 7.86. The van der Waals surface area contributed by atoms with Crippen molar-refractivity contribution in [1.82, 2.24) is 20.9 Å². The zero-order chi connectivity index (χ0) is 24.4. The fraction of sp³-hybridized carbons (Fsp3) is 0.455. The van der Waals surface area contributed by atoms with Gasteiger partial charge in [-0.25, -0.2) is 0 Å². The van der Waals surface area contributed by atoms with Gasteiger partial charge in [0, 0.05) is 23.5 Å². The quantitative estimate of drug-likeness (QED) is 0.193. The fourth-order valence-electron chi connectivity index (χ4n) is 3.34. The first-order valence-electron chi connectivity index (χ1n) is 10.8. The van der Waals surface area contributed by atoms with Gasteiger partial charge in [0.15, 0.2) is 0 Å². The predicted octanol–water partition coefficient (Wildman–Crippen LogP) is -0.643. The van der Waals surface area contributed by atoms with Crippen LogP contribution in [0.15, 0.2) is 30.5 Å². The van der Waals surface area contributed by atoms with Crippen LogP contribution in [0, 0.1) is 0 Å². The molecule has 9 N–H and O–H groups in total. The Morgan fingerprint density at radius 2 is 1.79 bits per heavy atom. The fourth-order valence-corrected chi connectivity index (χ4v) is 3.34. The average Bonchev–Trinajstić information content (AvgIpc) is 3.19. The molecular formula is C22H32N6O5. The van der Waals surface area contributed by atoms with E-state index in [0.717, 1.165) is 22.9 Å². The normalized spacial score (nSPS) is 13.7. The van der Waals surface area contributed by atoms with Gasteiger partial charge in [0.05, 0.1) is 6.04 Å². The first kappa shape index (κ1) is 25.8. The van der Waals surface area contributed by atoms with Gasteiger partial charge >= 0.3 is 5.97 Å². The lowest BCUT2D eigenvalue weighted by Gasteiger charge is -2.22. The Balaban J connectivity index is 2.06. The molecule has 0 fully saturated rings. The van der Waals surface area contributed by atoms with Gasteiger partial charge in [0.25, 0.3) is 0 Å². The highest BCUT2D eigenvalue weighted by Crippen LogP contribution is 2.19. The summed E-state index contributed by atoms with van der Waals surface area (Å²) in [5.74, 6) is -2.91. The Hall–Kier alpha value is -3.44. The number of aromatic nitrogens is 1. The third-order valence-electron chi connectivity index (χ3n) is 5.20. The van der Waals surface area contributed by atoms with Crippen LogP contribution in [0.3, 0.4) is 0 Å².